The molecule has 1 fully saturated rings. The van der Waals surface area contributed by atoms with Gasteiger partial charge in [-0.15, -0.1) is 0 Å². The topological polar surface area (TPSA) is 97.6 Å². The lowest BCUT2D eigenvalue weighted by Gasteiger charge is -2.21. The molecule has 1 aromatic carbocycles. The van der Waals surface area contributed by atoms with Crippen molar-refractivity contribution in [2.75, 3.05) is 10.6 Å². The van der Waals surface area contributed by atoms with Gasteiger partial charge >= 0.3 is 0 Å². The molecule has 4 heterocycles. The number of halogens is 2. The number of pyridine rings is 1. The Morgan fingerprint density at radius 1 is 1.22 bits per heavy atom. The molecule has 0 saturated heterocycles. The predicted octanol–water partition coefficient (Wildman–Crippen LogP) is 4.65. The Morgan fingerprint density at radius 3 is 2.75 bits per heavy atom. The van der Waals surface area contributed by atoms with Gasteiger partial charge in [0.15, 0.2) is 11.5 Å². The van der Waals surface area contributed by atoms with Crippen LogP contribution in [0.25, 0.3) is 22.6 Å². The maximum absolute atomic E-state index is 14.4. The number of amides is 1. The summed E-state index contributed by atoms with van der Waals surface area (Å²) in [6, 6.07) is 7.88. The molecule has 1 saturated carbocycles. The van der Waals surface area contributed by atoms with Crippen molar-refractivity contribution in [1.82, 2.24) is 24.7 Å². The van der Waals surface area contributed by atoms with Crippen molar-refractivity contribution in [2.24, 2.45) is 5.92 Å². The Hall–Kier alpha value is -3.95. The van der Waals surface area contributed by atoms with Crippen LogP contribution in [-0.2, 0) is 16.8 Å². The quantitative estimate of drug-likeness (QED) is 0.409. The van der Waals surface area contributed by atoms with Crippen molar-refractivity contribution in [3.63, 3.8) is 0 Å². The molecule has 36 heavy (non-hydrogen) atoms. The number of benzene rings is 1. The summed E-state index contributed by atoms with van der Waals surface area (Å²) in [5, 5.41) is 11.4. The summed E-state index contributed by atoms with van der Waals surface area (Å²) < 4.78 is 30.2. The zero-order valence-electron chi connectivity index (χ0n) is 20.1. The Labute approximate surface area is 206 Å². The van der Waals surface area contributed by atoms with Crippen molar-refractivity contribution < 1.29 is 13.6 Å². The summed E-state index contributed by atoms with van der Waals surface area (Å²) >= 11 is 0. The second kappa shape index (κ2) is 8.04. The van der Waals surface area contributed by atoms with E-state index in [0.29, 0.717) is 45.4 Å². The Kier molecular flexibility index (Phi) is 5.03. The van der Waals surface area contributed by atoms with E-state index in [1.54, 1.807) is 18.2 Å². The first-order valence-corrected chi connectivity index (χ1v) is 12.0. The lowest BCUT2D eigenvalue weighted by Crippen LogP contribution is -2.29. The maximum atomic E-state index is 14.4. The van der Waals surface area contributed by atoms with E-state index in [9.17, 15) is 13.6 Å². The van der Waals surface area contributed by atoms with Crippen LogP contribution in [0.3, 0.4) is 0 Å². The first-order chi connectivity index (χ1) is 17.2. The first-order valence-electron chi connectivity index (χ1n) is 12.0. The van der Waals surface area contributed by atoms with Crippen LogP contribution in [-0.4, -0.2) is 36.7 Å². The number of hydrogen-bond donors (Lipinski definition) is 2. The van der Waals surface area contributed by atoms with Crippen LogP contribution in [0.4, 0.5) is 20.4 Å². The molecular formula is C26H25F2N7O. The van der Waals surface area contributed by atoms with Gasteiger partial charge in [0, 0.05) is 11.6 Å². The van der Waals surface area contributed by atoms with Crippen molar-refractivity contribution in [2.45, 2.75) is 51.6 Å². The number of hydrogen-bond acceptors (Lipinski definition) is 6. The highest BCUT2D eigenvalue weighted by Crippen LogP contribution is 2.43. The molecule has 0 spiro atoms. The summed E-state index contributed by atoms with van der Waals surface area (Å²) in [5.74, 6) is 0.650. The van der Waals surface area contributed by atoms with Gasteiger partial charge in [-0.3, -0.25) is 4.79 Å². The summed E-state index contributed by atoms with van der Waals surface area (Å²) in [7, 11) is 0. The van der Waals surface area contributed by atoms with Crippen LogP contribution in [0.15, 0.2) is 36.5 Å². The van der Waals surface area contributed by atoms with Gasteiger partial charge in [-0.1, -0.05) is 18.2 Å². The molecule has 1 aliphatic heterocycles. The van der Waals surface area contributed by atoms with Crippen LogP contribution in [0.2, 0.25) is 0 Å². The second-order valence-corrected chi connectivity index (χ2v) is 10.1. The molecular weight excluding hydrogens is 464 g/mol. The summed E-state index contributed by atoms with van der Waals surface area (Å²) in [6.45, 7) is 5.87. The fraction of sp³-hybridized carbons (Fsp3) is 0.346. The van der Waals surface area contributed by atoms with Gasteiger partial charge in [-0.2, -0.15) is 5.10 Å². The minimum absolute atomic E-state index is 0.0976. The van der Waals surface area contributed by atoms with Gasteiger partial charge in [-0.05, 0) is 51.7 Å². The van der Waals surface area contributed by atoms with Crippen LogP contribution < -0.4 is 10.6 Å². The standard InChI is InChI=1S/C26H25F2N7O/c1-13(14-8-9-14)30-21-19-22(33-25(36)26(19,2)3)32-23(31-21)20-17-10-16(27)11-29-24(17)35(34-20)12-15-6-4-5-7-18(15)28/h4-7,10-11,13-14H,8-9,12H2,1-3H3,(H2,30,31,32,33,36)/t13-/m1/s1. The first kappa shape index (κ1) is 22.5. The molecule has 0 radical (unpaired) electrons. The molecule has 10 heteroatoms. The van der Waals surface area contributed by atoms with Crippen LogP contribution in [0, 0.1) is 17.6 Å². The molecule has 1 amide bonds. The zero-order chi connectivity index (χ0) is 25.2. The summed E-state index contributed by atoms with van der Waals surface area (Å²) in [6.07, 6.45) is 3.39. The van der Waals surface area contributed by atoms with E-state index in [0.717, 1.165) is 19.0 Å². The Morgan fingerprint density at radius 2 is 2.00 bits per heavy atom. The third-order valence-electron chi connectivity index (χ3n) is 7.07. The minimum Gasteiger partial charge on any atom is -0.367 e. The van der Waals surface area contributed by atoms with E-state index in [-0.39, 0.29) is 30.1 Å². The van der Waals surface area contributed by atoms with E-state index in [1.807, 2.05) is 13.8 Å². The largest absolute Gasteiger partial charge is 0.367 e. The SMILES string of the molecule is C[C@@H](Nc1nc(-c2nn(Cc3ccccc3F)c3ncc(F)cc23)nc2c1C(C)(C)C(=O)N2)C1CC1. The molecule has 4 aromatic rings. The number of nitrogens with zero attached hydrogens (tertiary/aromatic N) is 5. The second-order valence-electron chi connectivity index (χ2n) is 10.1. The molecule has 2 N–H and O–H groups in total. The number of rotatable bonds is 6. The van der Waals surface area contributed by atoms with E-state index in [1.165, 1.54) is 16.8 Å². The van der Waals surface area contributed by atoms with Crippen LogP contribution >= 0.6 is 0 Å². The number of fused-ring (bicyclic) bond motifs is 2. The van der Waals surface area contributed by atoms with Gasteiger partial charge in [0.1, 0.15) is 29.0 Å². The fourth-order valence-corrected chi connectivity index (χ4v) is 4.76. The Balaban J connectivity index is 1.51. The number of anilines is 2. The van der Waals surface area contributed by atoms with E-state index in [4.69, 9.17) is 4.98 Å². The van der Waals surface area contributed by atoms with E-state index < -0.39 is 11.2 Å². The third-order valence-corrected chi connectivity index (χ3v) is 7.07. The van der Waals surface area contributed by atoms with Crippen molar-refractivity contribution >= 4 is 28.6 Å². The average Bonchev–Trinajstić information content (AvgIpc) is 3.59. The minimum atomic E-state index is -0.820. The van der Waals surface area contributed by atoms with Crippen molar-refractivity contribution in [1.29, 1.82) is 0 Å². The smallest absolute Gasteiger partial charge is 0.235 e. The summed E-state index contributed by atoms with van der Waals surface area (Å²) in [4.78, 5) is 26.4. The molecule has 3 aromatic heterocycles. The number of aromatic nitrogens is 5. The van der Waals surface area contributed by atoms with Gasteiger partial charge in [0.25, 0.3) is 0 Å². The van der Waals surface area contributed by atoms with Crippen LogP contribution in [0.5, 0.6) is 0 Å². The molecule has 2 aliphatic rings. The van der Waals surface area contributed by atoms with Gasteiger partial charge in [0.05, 0.1) is 29.1 Å². The molecule has 6 rings (SSSR count). The third kappa shape index (κ3) is 3.68. The Bertz CT molecular complexity index is 1530. The van der Waals surface area contributed by atoms with Crippen molar-refractivity contribution in [3.8, 4) is 11.5 Å². The lowest BCUT2D eigenvalue weighted by atomic mass is 9.87. The van der Waals surface area contributed by atoms with Crippen LogP contribution in [0.1, 0.15) is 44.7 Å². The van der Waals surface area contributed by atoms with Gasteiger partial charge < -0.3 is 10.6 Å². The monoisotopic (exact) mass is 489 g/mol. The highest BCUT2D eigenvalue weighted by molar-refractivity contribution is 6.06. The number of carbonyl (C=O) groups is 1. The molecule has 8 nitrogen and oxygen atoms in total. The molecule has 0 bridgehead atoms. The number of nitrogens with one attached hydrogen (secondary N) is 2. The fourth-order valence-electron chi connectivity index (χ4n) is 4.76. The molecule has 1 atom stereocenters. The zero-order valence-corrected chi connectivity index (χ0v) is 20.1. The molecule has 1 aliphatic carbocycles. The van der Waals surface area contributed by atoms with E-state index in [2.05, 4.69) is 32.6 Å². The van der Waals surface area contributed by atoms with Crippen molar-refractivity contribution in [3.05, 3.63) is 59.3 Å². The summed E-state index contributed by atoms with van der Waals surface area (Å²) in [5.41, 5.74) is 0.979. The molecule has 184 valence electrons. The lowest BCUT2D eigenvalue weighted by molar-refractivity contribution is -0.119. The maximum Gasteiger partial charge on any atom is 0.235 e. The predicted molar refractivity (Wildman–Crippen MR) is 131 cm³/mol. The highest BCUT2D eigenvalue weighted by atomic mass is 19.1. The molecule has 0 unspecified atom stereocenters. The van der Waals surface area contributed by atoms with Gasteiger partial charge in [0.2, 0.25) is 5.91 Å². The number of carbonyl (C=O) groups excluding carboxylic acids is 1. The normalized spacial score (nSPS) is 17.2. The average molecular weight is 490 g/mol. The van der Waals surface area contributed by atoms with Gasteiger partial charge in [-0.25, -0.2) is 28.4 Å². The highest BCUT2D eigenvalue weighted by Gasteiger charge is 2.43. The van der Waals surface area contributed by atoms with E-state index >= 15 is 0 Å².